The van der Waals surface area contributed by atoms with Gasteiger partial charge in [0.05, 0.1) is 36.1 Å². The number of halogens is 1. The number of aromatic nitrogens is 3. The number of likely N-dealkylation sites (tertiary alicyclic amines) is 1. The molecule has 17 heteroatoms. The minimum atomic E-state index is -0.820. The van der Waals surface area contributed by atoms with Crippen molar-refractivity contribution in [1.82, 2.24) is 45.8 Å². The highest BCUT2D eigenvalue weighted by Crippen LogP contribution is 2.42. The van der Waals surface area contributed by atoms with Gasteiger partial charge >= 0.3 is 0 Å². The summed E-state index contributed by atoms with van der Waals surface area (Å²) in [6.07, 6.45) is 14.0. The number of nitrogens with two attached hydrogens (primary N) is 1. The fourth-order valence-corrected chi connectivity index (χ4v) is 10.7. The van der Waals surface area contributed by atoms with Crippen LogP contribution in [0.25, 0.3) is 11.1 Å². The summed E-state index contributed by atoms with van der Waals surface area (Å²) in [7, 11) is 3.44. The summed E-state index contributed by atoms with van der Waals surface area (Å²) >= 11 is 0. The van der Waals surface area contributed by atoms with Gasteiger partial charge in [0.2, 0.25) is 17.7 Å². The second kappa shape index (κ2) is 25.4. The molecule has 6 atom stereocenters. The van der Waals surface area contributed by atoms with E-state index in [-0.39, 0.29) is 59.9 Å². The predicted octanol–water partition coefficient (Wildman–Crippen LogP) is 7.64. The van der Waals surface area contributed by atoms with E-state index in [4.69, 9.17) is 10.8 Å². The van der Waals surface area contributed by atoms with Gasteiger partial charge < -0.3 is 41.7 Å². The van der Waals surface area contributed by atoms with Gasteiger partial charge in [-0.2, -0.15) is 5.10 Å². The number of anilines is 2. The summed E-state index contributed by atoms with van der Waals surface area (Å²) in [6, 6.07) is 13.8. The zero-order valence-corrected chi connectivity index (χ0v) is 44.7. The first kappa shape index (κ1) is 55.5. The van der Waals surface area contributed by atoms with Gasteiger partial charge in [-0.25, -0.2) is 9.37 Å². The highest BCUT2D eigenvalue weighted by atomic mass is 19.1. The van der Waals surface area contributed by atoms with E-state index in [0.29, 0.717) is 74.4 Å². The molecule has 16 nitrogen and oxygen atoms in total. The van der Waals surface area contributed by atoms with Crippen LogP contribution in [-0.2, 0) is 32.3 Å². The summed E-state index contributed by atoms with van der Waals surface area (Å²) in [5.41, 5.74) is 11.1. The van der Waals surface area contributed by atoms with Crippen molar-refractivity contribution in [3.05, 3.63) is 95.2 Å². The highest BCUT2D eigenvalue weighted by molar-refractivity contribution is 5.96. The quantitative estimate of drug-likeness (QED) is 0.0485. The lowest BCUT2D eigenvalue weighted by Crippen LogP contribution is -2.59. The molecule has 2 bridgehead atoms. The fourth-order valence-electron chi connectivity index (χ4n) is 10.7. The number of unbranched alkanes of at least 4 members (excludes halogenated alkanes) is 5. The smallest absolute Gasteiger partial charge is 0.254 e. The van der Waals surface area contributed by atoms with Gasteiger partial charge in [0.25, 0.3) is 5.91 Å². The molecule has 2 fully saturated rings. The SMILES string of the molecule is CC[C@H](NC(=O)[C@H]1C[C@@H](NCCCCCCCCC(=O)CCCn2cc3c(n2)CN(C)C(=O)c2ccc(F)cc2[C@H]2CCCN2c2cc-3cnc2N)CN1C(=O)[C@H](NC(=O)[C@@H](C)NC)C(C)(C)C)c1ccccc1. The molecule has 3 aliphatic rings. The van der Waals surface area contributed by atoms with Crippen LogP contribution in [0.5, 0.6) is 0 Å². The third-order valence-corrected chi connectivity index (χ3v) is 15.1. The Bertz CT molecular complexity index is 2580. The average Bonchev–Trinajstić information content (AvgIpc) is 4.15. The molecule has 2 saturated heterocycles. The van der Waals surface area contributed by atoms with Crippen LogP contribution in [0.2, 0.25) is 0 Å². The first-order valence-corrected chi connectivity index (χ1v) is 27.0. The molecular weight excluding hydrogens is 938 g/mol. The van der Waals surface area contributed by atoms with Crippen LogP contribution in [0.3, 0.4) is 0 Å². The van der Waals surface area contributed by atoms with Crippen molar-refractivity contribution in [2.75, 3.05) is 44.4 Å². The Morgan fingerprint density at radius 3 is 2.39 bits per heavy atom. The number of amides is 4. The minimum absolute atomic E-state index is 0.0798. The van der Waals surface area contributed by atoms with E-state index in [2.05, 4.69) is 31.2 Å². The van der Waals surface area contributed by atoms with Gasteiger partial charge in [-0.3, -0.25) is 28.7 Å². The number of Topliss-reactive ketones (excluding diaryl/α,β-unsaturated/α-hetero) is 1. The van der Waals surface area contributed by atoms with Crippen molar-refractivity contribution in [3.63, 3.8) is 0 Å². The highest BCUT2D eigenvalue weighted by Gasteiger charge is 2.45. The molecule has 3 aliphatic heterocycles. The number of hydrogen-bond acceptors (Lipinski definition) is 11. The minimum Gasteiger partial charge on any atom is -0.382 e. The van der Waals surface area contributed by atoms with Crippen molar-refractivity contribution in [2.24, 2.45) is 5.41 Å². The van der Waals surface area contributed by atoms with E-state index in [1.807, 2.05) is 75.0 Å². The van der Waals surface area contributed by atoms with Gasteiger partial charge in [-0.15, -0.1) is 0 Å². The number of nitrogens with zero attached hydrogens (tertiary/aromatic N) is 6. The molecule has 0 radical (unpaired) electrons. The van der Waals surface area contributed by atoms with Crippen LogP contribution in [0.1, 0.15) is 157 Å². The van der Waals surface area contributed by atoms with Crippen molar-refractivity contribution in [2.45, 2.75) is 167 Å². The maximum atomic E-state index is 14.7. The number of nitrogen functional groups attached to an aromatic ring is 1. The predicted molar refractivity (Wildman–Crippen MR) is 287 cm³/mol. The number of hydrogen-bond donors (Lipinski definition) is 5. The Hall–Kier alpha value is -6.20. The van der Waals surface area contributed by atoms with Gasteiger partial charge in [0.1, 0.15) is 29.5 Å². The molecule has 6 N–H and O–H groups in total. The molecule has 400 valence electrons. The number of likely N-dealkylation sites (N-methyl/N-ethyl adjacent to an activating group) is 1. The third-order valence-electron chi connectivity index (χ3n) is 15.1. The maximum Gasteiger partial charge on any atom is 0.254 e. The van der Waals surface area contributed by atoms with Gasteiger partial charge in [-0.1, -0.05) is 83.7 Å². The lowest BCUT2D eigenvalue weighted by Gasteiger charge is -2.36. The first-order chi connectivity index (χ1) is 35.5. The van der Waals surface area contributed by atoms with Crippen LogP contribution < -0.4 is 31.9 Å². The molecule has 2 aromatic carbocycles. The van der Waals surface area contributed by atoms with Crippen LogP contribution in [0.4, 0.5) is 15.9 Å². The standard InChI is InChI=1S/C57H80FN11O5/c1-8-46(38-20-14-13-15-21-38)63-54(72)50-32-41(34-69(50)56(74)51(57(3,4)5)64-53(71)37(2)60-6)61-27-17-12-10-9-11-16-22-42(70)23-18-28-67-35-45-39-30-49(52(59)62-33-39)68-29-19-24-48(68)44-31-40(58)25-26-43(44)55(73)66(7)36-47(45)65-67/h13-15,20-21,25-26,30-31,33,35,37,41,46,48,50-51,60-61H,8-12,16-19,22-24,27-29,32,34,36H2,1-7H3,(H2,59,62)(H,63,72)(H,64,71)/t37-,41-,46+,48-,50-,51+/m1/s1. The van der Waals surface area contributed by atoms with Crippen molar-refractivity contribution in [1.29, 1.82) is 0 Å². The van der Waals surface area contributed by atoms with E-state index in [1.54, 1.807) is 43.1 Å². The van der Waals surface area contributed by atoms with E-state index >= 15 is 0 Å². The van der Waals surface area contributed by atoms with E-state index < -0.39 is 23.5 Å². The fraction of sp³-hybridized carbons (Fsp3) is 0.561. The normalized spacial score (nSPS) is 18.9. The molecule has 4 amide bonds. The topological polar surface area (TPSA) is 200 Å². The zero-order chi connectivity index (χ0) is 53.1. The molecule has 0 saturated carbocycles. The Labute approximate surface area is 437 Å². The molecular formula is C57H80FN11O5. The van der Waals surface area contributed by atoms with Crippen LogP contribution in [-0.4, -0.2) is 112 Å². The number of fused-ring (bicyclic) bond motifs is 8. The van der Waals surface area contributed by atoms with E-state index in [1.165, 1.54) is 12.1 Å². The summed E-state index contributed by atoms with van der Waals surface area (Å²) in [5, 5.41) is 17.7. The Kier molecular flexibility index (Phi) is 19.0. The summed E-state index contributed by atoms with van der Waals surface area (Å²) < 4.78 is 16.5. The first-order valence-electron chi connectivity index (χ1n) is 27.0. The van der Waals surface area contributed by atoms with E-state index in [0.717, 1.165) is 80.3 Å². The number of pyridine rings is 1. The molecule has 2 aromatic heterocycles. The van der Waals surface area contributed by atoms with Crippen molar-refractivity contribution < 1.29 is 28.4 Å². The number of carbonyl (C=O) groups excluding carboxylic acids is 5. The summed E-state index contributed by atoms with van der Waals surface area (Å²) in [5.74, 6) is -0.708. The van der Waals surface area contributed by atoms with Gasteiger partial charge in [0.15, 0.2) is 0 Å². The molecule has 4 aromatic rings. The average molecular weight is 1020 g/mol. The lowest BCUT2D eigenvalue weighted by molar-refractivity contribution is -0.144. The molecule has 7 rings (SSSR count). The number of benzene rings is 2. The second-order valence-corrected chi connectivity index (χ2v) is 21.7. The number of rotatable bonds is 22. The van der Waals surface area contributed by atoms with Crippen molar-refractivity contribution in [3.8, 4) is 11.1 Å². The largest absolute Gasteiger partial charge is 0.382 e. The van der Waals surface area contributed by atoms with Crippen molar-refractivity contribution >= 4 is 40.9 Å². The lowest BCUT2D eigenvalue weighted by atomic mass is 9.85. The Balaban J connectivity index is 0.859. The van der Waals surface area contributed by atoms with Crippen LogP contribution >= 0.6 is 0 Å². The molecule has 0 spiro atoms. The number of carbonyl (C=O) groups is 5. The summed E-state index contributed by atoms with van der Waals surface area (Å²) in [6.45, 7) is 12.2. The monoisotopic (exact) mass is 1020 g/mol. The number of nitrogens with one attached hydrogen (secondary N) is 4. The Morgan fingerprint density at radius 2 is 1.66 bits per heavy atom. The van der Waals surface area contributed by atoms with Crippen LogP contribution in [0.15, 0.2) is 67.0 Å². The maximum absolute atomic E-state index is 14.7. The number of ketones is 1. The second-order valence-electron chi connectivity index (χ2n) is 21.7. The molecule has 74 heavy (non-hydrogen) atoms. The third kappa shape index (κ3) is 13.7. The molecule has 5 heterocycles. The van der Waals surface area contributed by atoms with Crippen LogP contribution in [0, 0.1) is 11.2 Å². The number of aryl methyl sites for hydroxylation is 1. The summed E-state index contributed by atoms with van der Waals surface area (Å²) in [4.78, 5) is 78.5. The zero-order valence-electron chi connectivity index (χ0n) is 44.7. The Morgan fingerprint density at radius 1 is 0.932 bits per heavy atom. The van der Waals surface area contributed by atoms with E-state index in [9.17, 15) is 28.4 Å². The molecule has 0 aliphatic carbocycles. The molecule has 0 unspecified atom stereocenters. The van der Waals surface area contributed by atoms with Gasteiger partial charge in [-0.05, 0) is 106 Å². The van der Waals surface area contributed by atoms with Gasteiger partial charge in [0, 0.05) is 74.6 Å².